The van der Waals surface area contributed by atoms with Crippen LogP contribution in [-0.2, 0) is 0 Å². The first-order valence-electron chi connectivity index (χ1n) is 5.91. The second-order valence-corrected chi connectivity index (χ2v) is 5.84. The summed E-state index contributed by atoms with van der Waals surface area (Å²) in [6.07, 6.45) is 3.47. The molecule has 1 unspecified atom stereocenters. The van der Waals surface area contributed by atoms with Crippen LogP contribution in [0.2, 0.25) is 5.02 Å². The van der Waals surface area contributed by atoms with Gasteiger partial charge in [-0.15, -0.1) is 0 Å². The molecule has 0 amide bonds. The van der Waals surface area contributed by atoms with Gasteiger partial charge < -0.3 is 11.1 Å². The van der Waals surface area contributed by atoms with Crippen molar-refractivity contribution in [1.82, 2.24) is 0 Å². The lowest BCUT2D eigenvalue weighted by Crippen LogP contribution is -2.31. The Morgan fingerprint density at radius 2 is 2.18 bits per heavy atom. The van der Waals surface area contributed by atoms with Gasteiger partial charge in [0.2, 0.25) is 0 Å². The van der Waals surface area contributed by atoms with Crippen LogP contribution in [0.4, 0.5) is 15.8 Å². The van der Waals surface area contributed by atoms with Crippen LogP contribution in [0.5, 0.6) is 0 Å². The van der Waals surface area contributed by atoms with Crippen LogP contribution in [-0.4, -0.2) is 6.04 Å². The molecule has 1 atom stereocenters. The molecule has 3 N–H and O–H groups in total. The smallest absolute Gasteiger partial charge is 0.143 e. The van der Waals surface area contributed by atoms with Gasteiger partial charge in [-0.25, -0.2) is 4.39 Å². The molecule has 0 heterocycles. The van der Waals surface area contributed by atoms with Crippen molar-refractivity contribution in [3.63, 3.8) is 0 Å². The van der Waals surface area contributed by atoms with Crippen molar-refractivity contribution in [2.75, 3.05) is 11.1 Å². The van der Waals surface area contributed by atoms with E-state index in [-0.39, 0.29) is 10.4 Å². The van der Waals surface area contributed by atoms with Gasteiger partial charge in [0.15, 0.2) is 0 Å². The molecule has 0 aromatic heterocycles. The van der Waals surface area contributed by atoms with Crippen LogP contribution in [0, 0.1) is 11.2 Å². The molecular weight excluding hydrogens is 239 g/mol. The fourth-order valence-corrected chi connectivity index (χ4v) is 2.64. The van der Waals surface area contributed by atoms with Crippen molar-refractivity contribution < 1.29 is 4.39 Å². The highest BCUT2D eigenvalue weighted by atomic mass is 35.5. The number of halogens is 2. The summed E-state index contributed by atoms with van der Waals surface area (Å²) in [6, 6.07) is 3.18. The maximum atomic E-state index is 13.4. The highest BCUT2D eigenvalue weighted by Gasteiger charge is 2.34. The molecule has 0 spiro atoms. The summed E-state index contributed by atoms with van der Waals surface area (Å²) < 4.78 is 13.4. The van der Waals surface area contributed by atoms with E-state index in [1.165, 1.54) is 25.0 Å². The van der Waals surface area contributed by atoms with Crippen LogP contribution in [0.25, 0.3) is 0 Å². The van der Waals surface area contributed by atoms with Crippen LogP contribution in [0.3, 0.4) is 0 Å². The lowest BCUT2D eigenvalue weighted by atomic mass is 9.87. The molecule has 1 aromatic rings. The van der Waals surface area contributed by atoms with Crippen LogP contribution < -0.4 is 11.1 Å². The molecule has 4 heteroatoms. The molecule has 1 saturated carbocycles. The highest BCUT2D eigenvalue weighted by molar-refractivity contribution is 6.31. The Bertz CT molecular complexity index is 432. The lowest BCUT2D eigenvalue weighted by molar-refractivity contribution is 0.350. The number of hydrogen-bond donors (Lipinski definition) is 2. The van der Waals surface area contributed by atoms with Crippen molar-refractivity contribution in [2.24, 2.45) is 5.41 Å². The van der Waals surface area contributed by atoms with E-state index in [0.29, 0.717) is 17.4 Å². The van der Waals surface area contributed by atoms with Crippen molar-refractivity contribution in [1.29, 1.82) is 0 Å². The Morgan fingerprint density at radius 1 is 1.47 bits per heavy atom. The number of nitrogens with one attached hydrogen (secondary N) is 1. The molecule has 17 heavy (non-hydrogen) atoms. The van der Waals surface area contributed by atoms with Crippen LogP contribution in [0.1, 0.15) is 33.1 Å². The predicted molar refractivity (Wildman–Crippen MR) is 70.9 cm³/mol. The summed E-state index contributed by atoms with van der Waals surface area (Å²) in [5.41, 5.74) is 7.21. The number of nitrogen functional groups attached to an aromatic ring is 1. The zero-order chi connectivity index (χ0) is 12.6. The fourth-order valence-electron chi connectivity index (χ4n) is 2.47. The molecule has 0 saturated heterocycles. The third kappa shape index (κ3) is 2.49. The average molecular weight is 257 g/mol. The van der Waals surface area contributed by atoms with Gasteiger partial charge in [-0.1, -0.05) is 31.9 Å². The minimum Gasteiger partial charge on any atom is -0.397 e. The van der Waals surface area contributed by atoms with Gasteiger partial charge in [-0.05, 0) is 24.3 Å². The topological polar surface area (TPSA) is 38.0 Å². The normalized spacial score (nSPS) is 22.7. The minimum absolute atomic E-state index is 0.0683. The first-order chi connectivity index (χ1) is 7.90. The summed E-state index contributed by atoms with van der Waals surface area (Å²) in [4.78, 5) is 0. The molecular formula is C13H18ClFN2. The van der Waals surface area contributed by atoms with Crippen LogP contribution >= 0.6 is 11.6 Å². The molecule has 0 aliphatic heterocycles. The van der Waals surface area contributed by atoms with Gasteiger partial charge in [0.05, 0.1) is 16.4 Å². The van der Waals surface area contributed by atoms with E-state index in [0.717, 1.165) is 6.42 Å². The number of rotatable bonds is 2. The van der Waals surface area contributed by atoms with E-state index in [9.17, 15) is 4.39 Å². The molecule has 2 rings (SSSR count). The SMILES string of the molecule is CC1(C)CCCC1Nc1cc(F)c(Cl)cc1N. The number of hydrogen-bond acceptors (Lipinski definition) is 2. The average Bonchev–Trinajstić information content (AvgIpc) is 2.55. The molecule has 1 aliphatic rings. The Hall–Kier alpha value is -0.960. The van der Waals surface area contributed by atoms with Crippen molar-refractivity contribution in [3.8, 4) is 0 Å². The number of nitrogens with two attached hydrogens (primary N) is 1. The van der Waals surface area contributed by atoms with Gasteiger partial charge in [-0.2, -0.15) is 0 Å². The molecule has 1 fully saturated rings. The quantitative estimate of drug-likeness (QED) is 0.784. The second kappa shape index (κ2) is 4.37. The maximum absolute atomic E-state index is 13.4. The van der Waals surface area contributed by atoms with Gasteiger partial charge >= 0.3 is 0 Å². The lowest BCUT2D eigenvalue weighted by Gasteiger charge is -2.29. The van der Waals surface area contributed by atoms with Crippen LogP contribution in [0.15, 0.2) is 12.1 Å². The largest absolute Gasteiger partial charge is 0.397 e. The van der Waals surface area contributed by atoms with Gasteiger partial charge in [0.25, 0.3) is 0 Å². The standard InChI is InChI=1S/C13H18ClFN2/c1-13(2)5-3-4-12(13)17-11-7-9(15)8(14)6-10(11)16/h6-7,12,17H,3-5,16H2,1-2H3. The van der Waals surface area contributed by atoms with Crippen molar-refractivity contribution in [2.45, 2.75) is 39.2 Å². The summed E-state index contributed by atoms with van der Waals surface area (Å²) in [5.74, 6) is -0.431. The summed E-state index contributed by atoms with van der Waals surface area (Å²) in [6.45, 7) is 4.44. The van der Waals surface area contributed by atoms with E-state index < -0.39 is 5.82 Å². The fraction of sp³-hybridized carbons (Fsp3) is 0.538. The predicted octanol–water partition coefficient (Wildman–Crippen LogP) is 4.05. The Morgan fingerprint density at radius 3 is 2.76 bits per heavy atom. The Kier molecular flexibility index (Phi) is 3.21. The van der Waals surface area contributed by atoms with Gasteiger partial charge in [0.1, 0.15) is 5.82 Å². The summed E-state index contributed by atoms with van der Waals surface area (Å²) in [5, 5.41) is 3.41. The molecule has 94 valence electrons. The third-order valence-corrected chi connectivity index (χ3v) is 3.97. The van der Waals surface area contributed by atoms with Crippen molar-refractivity contribution in [3.05, 3.63) is 23.0 Å². The zero-order valence-electron chi connectivity index (χ0n) is 10.2. The minimum atomic E-state index is -0.431. The van der Waals surface area contributed by atoms with Crippen molar-refractivity contribution >= 4 is 23.0 Å². The van der Waals surface area contributed by atoms with E-state index in [1.54, 1.807) is 0 Å². The Balaban J connectivity index is 2.22. The molecule has 1 aromatic carbocycles. The number of anilines is 2. The number of benzene rings is 1. The van der Waals surface area contributed by atoms with E-state index in [1.807, 2.05) is 0 Å². The molecule has 2 nitrogen and oxygen atoms in total. The van der Waals surface area contributed by atoms with E-state index in [4.69, 9.17) is 17.3 Å². The highest BCUT2D eigenvalue weighted by Crippen LogP contribution is 2.40. The molecule has 0 bridgehead atoms. The van der Waals surface area contributed by atoms with Gasteiger partial charge in [-0.3, -0.25) is 0 Å². The zero-order valence-corrected chi connectivity index (χ0v) is 10.9. The third-order valence-electron chi connectivity index (χ3n) is 3.68. The Labute approximate surface area is 106 Å². The monoisotopic (exact) mass is 256 g/mol. The molecule has 0 radical (unpaired) electrons. The first-order valence-corrected chi connectivity index (χ1v) is 6.29. The van der Waals surface area contributed by atoms with E-state index in [2.05, 4.69) is 19.2 Å². The van der Waals surface area contributed by atoms with E-state index >= 15 is 0 Å². The summed E-state index contributed by atoms with van der Waals surface area (Å²) in [7, 11) is 0. The maximum Gasteiger partial charge on any atom is 0.143 e. The first kappa shape index (κ1) is 12.5. The summed E-state index contributed by atoms with van der Waals surface area (Å²) >= 11 is 5.68. The second-order valence-electron chi connectivity index (χ2n) is 5.43. The van der Waals surface area contributed by atoms with Gasteiger partial charge in [0, 0.05) is 12.1 Å². The molecule has 1 aliphatic carbocycles.